The summed E-state index contributed by atoms with van der Waals surface area (Å²) in [5, 5.41) is 3.25. The molecule has 0 aliphatic rings. The van der Waals surface area contributed by atoms with E-state index in [2.05, 4.69) is 12.2 Å². The zero-order chi connectivity index (χ0) is 15.7. The lowest BCUT2D eigenvalue weighted by Crippen LogP contribution is -2.29. The summed E-state index contributed by atoms with van der Waals surface area (Å²) < 4.78 is 38.6. The van der Waals surface area contributed by atoms with Crippen molar-refractivity contribution < 1.29 is 12.8 Å². The fourth-order valence-electron chi connectivity index (χ4n) is 1.98. The van der Waals surface area contributed by atoms with Crippen LogP contribution in [0.4, 0.5) is 4.39 Å². The van der Waals surface area contributed by atoms with E-state index in [1.54, 1.807) is 12.1 Å². The Balaban J connectivity index is 2.39. The molecule has 1 N–H and O–H groups in total. The number of sulfonamides is 1. The normalized spacial score (nSPS) is 12.0. The molecule has 0 heterocycles. The van der Waals surface area contributed by atoms with Crippen LogP contribution in [0.15, 0.2) is 24.3 Å². The van der Waals surface area contributed by atoms with E-state index < -0.39 is 10.0 Å². The fourth-order valence-corrected chi connectivity index (χ4v) is 3.21. The van der Waals surface area contributed by atoms with Gasteiger partial charge >= 0.3 is 0 Å². The van der Waals surface area contributed by atoms with Crippen LogP contribution in [0.1, 0.15) is 31.7 Å². The largest absolute Gasteiger partial charge is 0.317 e. The Morgan fingerprint density at radius 3 is 2.67 bits per heavy atom. The maximum absolute atomic E-state index is 13.1. The summed E-state index contributed by atoms with van der Waals surface area (Å²) in [6.45, 7) is 4.11. The lowest BCUT2D eigenvalue weighted by atomic mass is 10.2. The Hall–Kier alpha value is -0.980. The number of hydrogen-bond donors (Lipinski definition) is 1. The summed E-state index contributed by atoms with van der Waals surface area (Å²) in [5.41, 5.74) is 0.658. The lowest BCUT2D eigenvalue weighted by molar-refractivity contribution is 0.463. The van der Waals surface area contributed by atoms with Crippen LogP contribution in [0.5, 0.6) is 0 Å². The maximum Gasteiger partial charge on any atom is 0.214 e. The van der Waals surface area contributed by atoms with Crippen molar-refractivity contribution in [3.8, 4) is 0 Å². The molecule has 0 aliphatic carbocycles. The van der Waals surface area contributed by atoms with Gasteiger partial charge in [0.05, 0.1) is 5.75 Å². The molecule has 0 saturated carbocycles. The van der Waals surface area contributed by atoms with Crippen LogP contribution in [-0.4, -0.2) is 38.6 Å². The molecule has 0 aliphatic heterocycles. The molecule has 6 heteroatoms. The third kappa shape index (κ3) is 7.02. The second-order valence-electron chi connectivity index (χ2n) is 5.16. The van der Waals surface area contributed by atoms with Gasteiger partial charge in [-0.2, -0.15) is 0 Å². The zero-order valence-corrected chi connectivity index (χ0v) is 13.6. The molecule has 0 unspecified atom stereocenters. The second kappa shape index (κ2) is 9.12. The van der Waals surface area contributed by atoms with E-state index in [9.17, 15) is 12.8 Å². The van der Waals surface area contributed by atoms with Crippen molar-refractivity contribution in [1.82, 2.24) is 9.62 Å². The van der Waals surface area contributed by atoms with Crippen LogP contribution < -0.4 is 5.32 Å². The third-order valence-corrected chi connectivity index (χ3v) is 5.09. The Labute approximate surface area is 127 Å². The topological polar surface area (TPSA) is 49.4 Å². The SMILES string of the molecule is CCCNCCCCS(=O)(=O)N(C)Cc1cccc(F)c1. The smallest absolute Gasteiger partial charge is 0.214 e. The van der Waals surface area contributed by atoms with Gasteiger partial charge in [-0.25, -0.2) is 17.1 Å². The first-order chi connectivity index (χ1) is 9.95. The minimum atomic E-state index is -3.28. The number of halogens is 1. The number of benzene rings is 1. The van der Waals surface area contributed by atoms with Gasteiger partial charge in [0.15, 0.2) is 0 Å². The van der Waals surface area contributed by atoms with E-state index in [-0.39, 0.29) is 18.1 Å². The van der Waals surface area contributed by atoms with Crippen molar-refractivity contribution >= 4 is 10.0 Å². The predicted octanol–water partition coefficient (Wildman–Crippen LogP) is 2.37. The van der Waals surface area contributed by atoms with E-state index in [0.29, 0.717) is 12.0 Å². The highest BCUT2D eigenvalue weighted by atomic mass is 32.2. The van der Waals surface area contributed by atoms with E-state index in [0.717, 1.165) is 25.9 Å². The molecule has 0 bridgehead atoms. The second-order valence-corrected chi connectivity index (χ2v) is 7.35. The molecule has 0 radical (unpaired) electrons. The van der Waals surface area contributed by atoms with Gasteiger partial charge in [0, 0.05) is 13.6 Å². The van der Waals surface area contributed by atoms with Crippen LogP contribution in [0.3, 0.4) is 0 Å². The highest BCUT2D eigenvalue weighted by Crippen LogP contribution is 2.10. The van der Waals surface area contributed by atoms with Gasteiger partial charge in [-0.05, 0) is 50.0 Å². The fraction of sp³-hybridized carbons (Fsp3) is 0.600. The van der Waals surface area contributed by atoms with Crippen molar-refractivity contribution in [2.75, 3.05) is 25.9 Å². The van der Waals surface area contributed by atoms with Crippen molar-refractivity contribution in [3.05, 3.63) is 35.6 Å². The van der Waals surface area contributed by atoms with E-state index in [1.807, 2.05) is 0 Å². The van der Waals surface area contributed by atoms with Crippen LogP contribution in [0, 0.1) is 5.82 Å². The van der Waals surface area contributed by atoms with Crippen molar-refractivity contribution in [3.63, 3.8) is 0 Å². The van der Waals surface area contributed by atoms with Gasteiger partial charge < -0.3 is 5.32 Å². The van der Waals surface area contributed by atoms with Crippen molar-refractivity contribution in [1.29, 1.82) is 0 Å². The lowest BCUT2D eigenvalue weighted by Gasteiger charge is -2.17. The predicted molar refractivity (Wildman–Crippen MR) is 84.0 cm³/mol. The molecule has 1 aromatic carbocycles. The van der Waals surface area contributed by atoms with Crippen molar-refractivity contribution in [2.24, 2.45) is 0 Å². The van der Waals surface area contributed by atoms with E-state index in [4.69, 9.17) is 0 Å². The Bertz CT molecular complexity index is 520. The molecule has 0 atom stereocenters. The number of nitrogens with one attached hydrogen (secondary N) is 1. The molecule has 1 rings (SSSR count). The van der Waals surface area contributed by atoms with Gasteiger partial charge in [-0.3, -0.25) is 0 Å². The highest BCUT2D eigenvalue weighted by Gasteiger charge is 2.17. The number of hydrogen-bond acceptors (Lipinski definition) is 3. The molecule has 0 saturated heterocycles. The molecule has 120 valence electrons. The maximum atomic E-state index is 13.1. The molecule has 0 fully saturated rings. The molecule has 21 heavy (non-hydrogen) atoms. The molecule has 0 aromatic heterocycles. The quantitative estimate of drug-likeness (QED) is 0.674. The molecular weight excluding hydrogens is 291 g/mol. The molecule has 0 spiro atoms. The first-order valence-corrected chi connectivity index (χ1v) is 8.96. The average Bonchev–Trinajstić information content (AvgIpc) is 2.42. The van der Waals surface area contributed by atoms with Gasteiger partial charge in [0.1, 0.15) is 5.82 Å². The molecule has 1 aromatic rings. The van der Waals surface area contributed by atoms with E-state index in [1.165, 1.54) is 23.5 Å². The van der Waals surface area contributed by atoms with Crippen LogP contribution >= 0.6 is 0 Å². The molecular formula is C15H25FN2O2S. The standard InChI is InChI=1S/C15H25FN2O2S/c1-3-9-17-10-4-5-11-21(19,20)18(2)13-14-7-6-8-15(16)12-14/h6-8,12,17H,3-5,9-11,13H2,1-2H3. The summed E-state index contributed by atoms with van der Waals surface area (Å²) >= 11 is 0. The first-order valence-electron chi connectivity index (χ1n) is 7.35. The Kier molecular flexibility index (Phi) is 7.85. The van der Waals surface area contributed by atoms with Crippen LogP contribution in [0.25, 0.3) is 0 Å². The van der Waals surface area contributed by atoms with Gasteiger partial charge in [-0.15, -0.1) is 0 Å². The monoisotopic (exact) mass is 316 g/mol. The summed E-state index contributed by atoms with van der Waals surface area (Å²) in [7, 11) is -1.74. The average molecular weight is 316 g/mol. The summed E-state index contributed by atoms with van der Waals surface area (Å²) in [6.07, 6.45) is 2.55. The van der Waals surface area contributed by atoms with Crippen LogP contribution in [-0.2, 0) is 16.6 Å². The van der Waals surface area contributed by atoms with Gasteiger partial charge in [0.2, 0.25) is 10.0 Å². The summed E-state index contributed by atoms with van der Waals surface area (Å²) in [6, 6.07) is 6.02. The Morgan fingerprint density at radius 1 is 1.24 bits per heavy atom. The molecule has 4 nitrogen and oxygen atoms in total. The minimum Gasteiger partial charge on any atom is -0.317 e. The number of unbranched alkanes of at least 4 members (excludes halogenated alkanes) is 1. The molecule has 0 amide bonds. The number of rotatable bonds is 10. The Morgan fingerprint density at radius 2 is 2.00 bits per heavy atom. The van der Waals surface area contributed by atoms with Gasteiger partial charge in [0.25, 0.3) is 0 Å². The highest BCUT2D eigenvalue weighted by molar-refractivity contribution is 7.89. The zero-order valence-electron chi connectivity index (χ0n) is 12.8. The van der Waals surface area contributed by atoms with Crippen molar-refractivity contribution in [2.45, 2.75) is 32.7 Å². The summed E-state index contributed by atoms with van der Waals surface area (Å²) in [4.78, 5) is 0. The third-order valence-electron chi connectivity index (χ3n) is 3.20. The minimum absolute atomic E-state index is 0.132. The first kappa shape index (κ1) is 18.1. The van der Waals surface area contributed by atoms with Crippen LogP contribution in [0.2, 0.25) is 0 Å². The van der Waals surface area contributed by atoms with E-state index >= 15 is 0 Å². The number of nitrogens with zero attached hydrogens (tertiary/aromatic N) is 1. The summed E-state index contributed by atoms with van der Waals surface area (Å²) in [5.74, 6) is -0.215. The van der Waals surface area contributed by atoms with Gasteiger partial charge in [-0.1, -0.05) is 19.1 Å².